The molecule has 13 heteroatoms. The number of carbonyl (C=O) groups is 1. The molecule has 0 bridgehead atoms. The minimum Gasteiger partial charge on any atom is -0.425 e. The zero-order chi connectivity index (χ0) is 35.0. The van der Waals surface area contributed by atoms with Gasteiger partial charge in [0.2, 0.25) is 5.91 Å². The molecule has 2 aliphatic heterocycles. The fraction of sp³-hybridized carbons (Fsp3) is 0.472. The maximum Gasteiger partial charge on any atom is 0.321 e. The van der Waals surface area contributed by atoms with Crippen molar-refractivity contribution < 1.29 is 17.9 Å². The highest BCUT2D eigenvalue weighted by Crippen LogP contribution is 2.39. The van der Waals surface area contributed by atoms with Gasteiger partial charge in [-0.1, -0.05) is 60.5 Å². The molecule has 0 radical (unpaired) electrons. The third-order valence-corrected chi connectivity index (χ3v) is 10.2. The summed E-state index contributed by atoms with van der Waals surface area (Å²) in [6.07, 6.45) is 8.02. The summed E-state index contributed by atoms with van der Waals surface area (Å²) in [7, 11) is -4.14. The van der Waals surface area contributed by atoms with Gasteiger partial charge in [-0.25, -0.2) is 5.14 Å². The van der Waals surface area contributed by atoms with E-state index in [1.54, 1.807) is 29.2 Å². The number of para-hydroxylation sites is 1. The predicted molar refractivity (Wildman–Crippen MR) is 198 cm³/mol. The number of amidine groups is 1. The number of likely N-dealkylation sites (tertiary alicyclic amines) is 2. The number of amides is 1. The van der Waals surface area contributed by atoms with Crippen LogP contribution < -0.4 is 15.2 Å². The van der Waals surface area contributed by atoms with Crippen molar-refractivity contribution in [3.05, 3.63) is 92.7 Å². The van der Waals surface area contributed by atoms with Crippen molar-refractivity contribution in [2.75, 3.05) is 32.7 Å². The van der Waals surface area contributed by atoms with Crippen molar-refractivity contribution in [2.24, 2.45) is 21.4 Å². The van der Waals surface area contributed by atoms with E-state index in [2.05, 4.69) is 62.6 Å². The number of piperidine rings is 2. The van der Waals surface area contributed by atoms with Crippen molar-refractivity contribution >= 4 is 49.7 Å². The Balaban J connectivity index is 0.00000151. The lowest BCUT2D eigenvalue weighted by Gasteiger charge is -2.38. The highest BCUT2D eigenvalue weighted by atomic mass is 79.9. The molecule has 10 nitrogen and oxygen atoms in total. The summed E-state index contributed by atoms with van der Waals surface area (Å²) in [5, 5.41) is 9.16. The number of halogens is 2. The standard InChI is InChI=1S/C33H38BrClN6O4S.C3H8/c34-26-18-25-7-6-24-19-27(35)8-9-29(24)31(30(25)37-21-26)40-16-12-23(13-17-40)32(42)38-20-22-10-14-41(15-11-22)33(39-46(36,43)44)45-28-4-2-1-3-5-28;1-3-2/h1-5,8-9,18-19,21-23,31H,6-7,10-17,20H2,(H,38,42)(H2,36,43,44);3H2,1-2H3/b39-33-;. The summed E-state index contributed by atoms with van der Waals surface area (Å²) < 4.78 is 33.9. The van der Waals surface area contributed by atoms with E-state index in [0.29, 0.717) is 25.4 Å². The number of fused-ring (bicyclic) bond motifs is 2. The molecule has 49 heavy (non-hydrogen) atoms. The van der Waals surface area contributed by atoms with Crippen molar-refractivity contribution in [3.63, 3.8) is 0 Å². The SMILES string of the molecule is CCC.NS(=O)(=O)/N=C(\Oc1ccccc1)N1CCC(CNC(=O)C2CCN(C3c4ccc(Cl)cc4CCc4cc(Br)cnc43)CC2)CC1. The number of nitrogens with two attached hydrogens (primary N) is 1. The number of aromatic nitrogens is 1. The van der Waals surface area contributed by atoms with Gasteiger partial charge in [0, 0.05) is 41.2 Å². The van der Waals surface area contributed by atoms with Crippen LogP contribution in [0.5, 0.6) is 5.75 Å². The average molecular weight is 774 g/mol. The quantitative estimate of drug-likeness (QED) is 0.223. The van der Waals surface area contributed by atoms with Crippen LogP contribution in [0.1, 0.15) is 74.4 Å². The van der Waals surface area contributed by atoms with Gasteiger partial charge < -0.3 is 15.0 Å². The molecule has 2 saturated heterocycles. The monoisotopic (exact) mass is 772 g/mol. The van der Waals surface area contributed by atoms with Crippen LogP contribution in [0, 0.1) is 11.8 Å². The Hall–Kier alpha value is -3.03. The minimum absolute atomic E-state index is 0.0284. The number of aryl methyl sites for hydroxylation is 2. The highest BCUT2D eigenvalue weighted by Gasteiger charge is 2.35. The number of nitrogens with zero attached hydrogens (tertiary/aromatic N) is 4. The Labute approximate surface area is 303 Å². The van der Waals surface area contributed by atoms with Gasteiger partial charge in [-0.05, 0) is 120 Å². The predicted octanol–water partition coefficient (Wildman–Crippen LogP) is 6.28. The number of benzene rings is 2. The van der Waals surface area contributed by atoms with Gasteiger partial charge in [-0.15, -0.1) is 0 Å². The maximum atomic E-state index is 13.3. The molecule has 3 heterocycles. The third-order valence-electron chi connectivity index (χ3n) is 9.16. The van der Waals surface area contributed by atoms with Crippen LogP contribution in [0.15, 0.2) is 69.7 Å². The first-order valence-electron chi connectivity index (χ1n) is 17.1. The van der Waals surface area contributed by atoms with Gasteiger partial charge in [0.05, 0.1) is 11.7 Å². The molecule has 0 spiro atoms. The maximum absolute atomic E-state index is 13.3. The summed E-state index contributed by atoms with van der Waals surface area (Å²) in [4.78, 5) is 22.4. The van der Waals surface area contributed by atoms with E-state index in [1.807, 2.05) is 18.3 Å². The van der Waals surface area contributed by atoms with Gasteiger partial charge in [0.1, 0.15) is 5.75 Å². The van der Waals surface area contributed by atoms with Crippen LogP contribution in [0.2, 0.25) is 5.02 Å². The zero-order valence-corrected chi connectivity index (χ0v) is 31.3. The summed E-state index contributed by atoms with van der Waals surface area (Å²) in [6, 6.07) is 17.3. The van der Waals surface area contributed by atoms with Gasteiger partial charge in [0.15, 0.2) is 0 Å². The second kappa shape index (κ2) is 17.3. The first-order chi connectivity index (χ1) is 23.5. The van der Waals surface area contributed by atoms with E-state index >= 15 is 0 Å². The lowest BCUT2D eigenvalue weighted by atomic mass is 9.90. The normalized spacial score (nSPS) is 19.2. The van der Waals surface area contributed by atoms with Crippen LogP contribution in [0.3, 0.4) is 0 Å². The second-order valence-electron chi connectivity index (χ2n) is 12.9. The Bertz CT molecular complexity index is 1660. The van der Waals surface area contributed by atoms with Crippen LogP contribution in [0.4, 0.5) is 0 Å². The third kappa shape index (κ3) is 10.3. The second-order valence-corrected chi connectivity index (χ2v) is 15.5. The highest BCUT2D eigenvalue weighted by molar-refractivity contribution is 9.10. The summed E-state index contributed by atoms with van der Waals surface area (Å²) >= 11 is 9.99. The average Bonchev–Trinajstić information content (AvgIpc) is 3.23. The largest absolute Gasteiger partial charge is 0.425 e. The van der Waals surface area contributed by atoms with Crippen molar-refractivity contribution in [3.8, 4) is 5.75 Å². The fourth-order valence-corrected chi connectivity index (χ4v) is 7.71. The van der Waals surface area contributed by atoms with Crippen LogP contribution in [0.25, 0.3) is 0 Å². The number of carbonyl (C=O) groups excluding carboxylic acids is 1. The van der Waals surface area contributed by atoms with Crippen LogP contribution >= 0.6 is 27.5 Å². The lowest BCUT2D eigenvalue weighted by Crippen LogP contribution is -2.46. The lowest BCUT2D eigenvalue weighted by molar-refractivity contribution is -0.126. The molecule has 3 aromatic rings. The van der Waals surface area contributed by atoms with Crippen LogP contribution in [-0.4, -0.2) is 67.9 Å². The van der Waals surface area contributed by atoms with Crippen molar-refractivity contribution in [1.29, 1.82) is 0 Å². The number of nitrogens with one attached hydrogen (secondary N) is 1. The molecule has 264 valence electrons. The van der Waals surface area contributed by atoms with E-state index in [1.165, 1.54) is 23.1 Å². The number of rotatable bonds is 6. The summed E-state index contributed by atoms with van der Waals surface area (Å²) in [5.74, 6) is 0.800. The van der Waals surface area contributed by atoms with Gasteiger partial charge in [-0.2, -0.15) is 8.42 Å². The molecule has 0 saturated carbocycles. The smallest absolute Gasteiger partial charge is 0.321 e. The summed E-state index contributed by atoms with van der Waals surface area (Å²) in [6.45, 7) is 7.51. The molecule has 3 aliphatic rings. The number of ether oxygens (including phenoxy) is 1. The van der Waals surface area contributed by atoms with Gasteiger partial charge in [-0.3, -0.25) is 14.7 Å². The van der Waals surface area contributed by atoms with E-state index in [0.717, 1.165) is 66.8 Å². The molecule has 1 atom stereocenters. The van der Waals surface area contributed by atoms with E-state index < -0.39 is 10.2 Å². The van der Waals surface area contributed by atoms with Crippen molar-refractivity contribution in [1.82, 2.24) is 20.1 Å². The molecular weight excluding hydrogens is 728 g/mol. The number of hydrogen-bond acceptors (Lipinski definition) is 6. The topological polar surface area (TPSA) is 130 Å². The number of pyridine rings is 1. The van der Waals surface area contributed by atoms with Gasteiger partial charge >= 0.3 is 16.2 Å². The molecule has 6 rings (SSSR count). The molecule has 3 N–H and O–H groups in total. The molecule has 2 fully saturated rings. The van der Waals surface area contributed by atoms with Crippen LogP contribution in [-0.2, 0) is 27.8 Å². The van der Waals surface area contributed by atoms with Gasteiger partial charge in [0.25, 0.3) is 0 Å². The van der Waals surface area contributed by atoms with E-state index in [4.69, 9.17) is 26.5 Å². The molecule has 2 aromatic carbocycles. The Morgan fingerprint density at radius 3 is 2.37 bits per heavy atom. The van der Waals surface area contributed by atoms with E-state index in [9.17, 15) is 13.2 Å². The first-order valence-corrected chi connectivity index (χ1v) is 19.8. The minimum atomic E-state index is -4.14. The molecule has 1 amide bonds. The Morgan fingerprint density at radius 2 is 1.69 bits per heavy atom. The molecule has 1 aliphatic carbocycles. The first kappa shape index (κ1) is 37.2. The molecular formula is C36H46BrClN6O4S. The van der Waals surface area contributed by atoms with E-state index in [-0.39, 0.29) is 29.8 Å². The summed E-state index contributed by atoms with van der Waals surface area (Å²) in [5.41, 5.74) is 4.84. The Morgan fingerprint density at radius 1 is 1.02 bits per heavy atom. The fourth-order valence-electron chi connectivity index (χ4n) is 6.76. The Kier molecular flexibility index (Phi) is 13.1. The molecule has 1 unspecified atom stereocenters. The zero-order valence-electron chi connectivity index (χ0n) is 28.2. The van der Waals surface area contributed by atoms with Crippen molar-refractivity contribution in [2.45, 2.75) is 64.8 Å². The number of hydrogen-bond donors (Lipinski definition) is 2. The molecule has 1 aromatic heterocycles.